The number of esters is 1. The van der Waals surface area contributed by atoms with Crippen molar-refractivity contribution in [1.82, 2.24) is 5.48 Å². The van der Waals surface area contributed by atoms with Crippen LogP contribution < -0.4 is 35.0 Å². The fourth-order valence-corrected chi connectivity index (χ4v) is 0.198. The van der Waals surface area contributed by atoms with Gasteiger partial charge in [-0.25, -0.2) is 4.79 Å². The molecule has 0 heterocycles. The van der Waals surface area contributed by atoms with E-state index in [1.165, 1.54) is 12.4 Å². The molecule has 0 spiro atoms. The van der Waals surface area contributed by atoms with Gasteiger partial charge in [0.05, 0.1) is 6.04 Å². The Morgan fingerprint density at radius 3 is 2.60 bits per heavy atom. The van der Waals surface area contributed by atoms with Crippen LogP contribution in [0.3, 0.4) is 0 Å². The molecular formula is C4H6NNaO4. The third-order valence-electron chi connectivity index (χ3n) is 0.695. The standard InChI is InChI=1S/C4H6NO4.Na/c1-3(5-8)4(7)9-2-6;/h2-3,5H,1H3;/q-1;+1. The van der Waals surface area contributed by atoms with Crippen molar-refractivity contribution in [2.45, 2.75) is 13.0 Å². The van der Waals surface area contributed by atoms with Crippen LogP contribution in [0.4, 0.5) is 0 Å². The summed E-state index contributed by atoms with van der Waals surface area (Å²) in [7, 11) is 0. The zero-order valence-electron chi connectivity index (χ0n) is 5.79. The van der Waals surface area contributed by atoms with Gasteiger partial charge < -0.3 is 15.4 Å². The van der Waals surface area contributed by atoms with Crippen molar-refractivity contribution in [3.8, 4) is 0 Å². The van der Waals surface area contributed by atoms with Crippen molar-refractivity contribution in [3.63, 3.8) is 0 Å². The first-order valence-corrected chi connectivity index (χ1v) is 2.24. The van der Waals surface area contributed by atoms with E-state index in [1.54, 1.807) is 0 Å². The van der Waals surface area contributed by atoms with Gasteiger partial charge in [-0.2, -0.15) is 0 Å². The molecule has 0 saturated heterocycles. The number of nitrogens with one attached hydrogen (secondary N) is 1. The molecule has 0 bridgehead atoms. The van der Waals surface area contributed by atoms with E-state index < -0.39 is 12.0 Å². The van der Waals surface area contributed by atoms with E-state index in [0.717, 1.165) is 0 Å². The van der Waals surface area contributed by atoms with Gasteiger partial charge in [0.15, 0.2) is 0 Å². The second-order valence-electron chi connectivity index (χ2n) is 1.37. The maximum absolute atomic E-state index is 10.3. The third-order valence-corrected chi connectivity index (χ3v) is 0.695. The molecule has 1 N–H and O–H groups in total. The fourth-order valence-electron chi connectivity index (χ4n) is 0.198. The van der Waals surface area contributed by atoms with Crippen LogP contribution in [-0.2, 0) is 14.3 Å². The largest absolute Gasteiger partial charge is 1.00 e. The molecule has 0 aromatic carbocycles. The molecule has 0 saturated carbocycles. The van der Waals surface area contributed by atoms with E-state index in [4.69, 9.17) is 0 Å². The Morgan fingerprint density at radius 2 is 2.30 bits per heavy atom. The molecule has 0 aliphatic rings. The quantitative estimate of drug-likeness (QED) is 0.148. The molecule has 0 aromatic rings. The van der Waals surface area contributed by atoms with Crippen LogP contribution in [0, 0.1) is 5.21 Å². The van der Waals surface area contributed by atoms with E-state index in [9.17, 15) is 14.8 Å². The number of hydrogen-bond acceptors (Lipinski definition) is 5. The van der Waals surface area contributed by atoms with Crippen molar-refractivity contribution < 1.29 is 43.9 Å². The van der Waals surface area contributed by atoms with Gasteiger partial charge in [0.1, 0.15) is 0 Å². The summed E-state index contributed by atoms with van der Waals surface area (Å²) in [6.45, 7) is 1.27. The van der Waals surface area contributed by atoms with Crippen LogP contribution in [0.15, 0.2) is 0 Å². The van der Waals surface area contributed by atoms with Crippen molar-refractivity contribution in [2.24, 2.45) is 0 Å². The Morgan fingerprint density at radius 1 is 1.80 bits per heavy atom. The summed E-state index contributed by atoms with van der Waals surface area (Å²) in [5.74, 6) is -0.875. The molecule has 0 amide bonds. The molecule has 0 aliphatic carbocycles. The number of ether oxygens (including phenoxy) is 1. The predicted octanol–water partition coefficient (Wildman–Crippen LogP) is -3.83. The average Bonchev–Trinajstić information content (AvgIpc) is 1.87. The molecule has 5 nitrogen and oxygen atoms in total. The second-order valence-corrected chi connectivity index (χ2v) is 1.37. The van der Waals surface area contributed by atoms with Gasteiger partial charge >= 0.3 is 42.0 Å². The fraction of sp³-hybridized carbons (Fsp3) is 0.500. The Bertz CT molecular complexity index is 118. The minimum atomic E-state index is -0.977. The molecule has 0 radical (unpaired) electrons. The summed E-state index contributed by atoms with van der Waals surface area (Å²) in [6.07, 6.45) is 0. The monoisotopic (exact) mass is 155 g/mol. The number of carbonyl (C=O) groups is 2. The summed E-state index contributed by atoms with van der Waals surface area (Å²) in [6, 6.07) is -0.977. The SMILES string of the molecule is CC(N[O-])C(=O)OC=O.[Na+]. The van der Waals surface area contributed by atoms with E-state index >= 15 is 0 Å². The van der Waals surface area contributed by atoms with E-state index in [0.29, 0.717) is 0 Å². The third kappa shape index (κ3) is 4.89. The molecular weight excluding hydrogens is 149 g/mol. The van der Waals surface area contributed by atoms with Crippen molar-refractivity contribution in [1.29, 1.82) is 0 Å². The summed E-state index contributed by atoms with van der Waals surface area (Å²) in [4.78, 5) is 19.7. The van der Waals surface area contributed by atoms with E-state index in [-0.39, 0.29) is 36.0 Å². The Labute approximate surface area is 80.0 Å². The molecule has 6 heteroatoms. The van der Waals surface area contributed by atoms with Crippen molar-refractivity contribution >= 4 is 12.4 Å². The predicted molar refractivity (Wildman–Crippen MR) is 28.1 cm³/mol. The maximum atomic E-state index is 10.3. The van der Waals surface area contributed by atoms with Crippen LogP contribution in [0.1, 0.15) is 6.92 Å². The van der Waals surface area contributed by atoms with Gasteiger partial charge in [0, 0.05) is 0 Å². The second kappa shape index (κ2) is 7.17. The summed E-state index contributed by atoms with van der Waals surface area (Å²) >= 11 is 0. The van der Waals surface area contributed by atoms with Gasteiger partial charge in [-0.05, 0) is 6.92 Å². The number of hydroxylamine groups is 1. The first-order valence-electron chi connectivity index (χ1n) is 2.24. The molecule has 1 unspecified atom stereocenters. The van der Waals surface area contributed by atoms with Gasteiger partial charge in [-0.15, -0.1) is 0 Å². The number of carbonyl (C=O) groups excluding carboxylic acids is 2. The smallest absolute Gasteiger partial charge is 0.787 e. The van der Waals surface area contributed by atoms with Crippen LogP contribution >= 0.6 is 0 Å². The topological polar surface area (TPSA) is 78.5 Å². The Balaban J connectivity index is 0. The first kappa shape index (κ1) is 12.7. The van der Waals surface area contributed by atoms with Gasteiger partial charge in [0.25, 0.3) is 0 Å². The van der Waals surface area contributed by atoms with Crippen LogP contribution in [0.2, 0.25) is 0 Å². The molecule has 1 atom stereocenters. The normalized spacial score (nSPS) is 11.0. The Hall–Kier alpha value is 0.0600. The van der Waals surface area contributed by atoms with Crippen molar-refractivity contribution in [3.05, 3.63) is 5.21 Å². The maximum Gasteiger partial charge on any atom is 1.00 e. The zero-order chi connectivity index (χ0) is 7.28. The first-order chi connectivity index (χ1) is 4.22. The van der Waals surface area contributed by atoms with Crippen LogP contribution in [0.25, 0.3) is 0 Å². The molecule has 0 rings (SSSR count). The minimum Gasteiger partial charge on any atom is -0.787 e. The molecule has 0 aromatic heterocycles. The number of hydrogen-bond donors (Lipinski definition) is 1. The van der Waals surface area contributed by atoms with Crippen LogP contribution in [0.5, 0.6) is 0 Å². The summed E-state index contributed by atoms with van der Waals surface area (Å²) < 4.78 is 3.81. The zero-order valence-corrected chi connectivity index (χ0v) is 7.79. The van der Waals surface area contributed by atoms with Gasteiger partial charge in [-0.3, -0.25) is 4.79 Å². The summed E-state index contributed by atoms with van der Waals surface area (Å²) in [5.41, 5.74) is 1.37. The minimum absolute atomic E-state index is 0. The molecule has 52 valence electrons. The Kier molecular flexibility index (Phi) is 9.11. The molecule has 0 aliphatic heterocycles. The van der Waals surface area contributed by atoms with Crippen molar-refractivity contribution in [2.75, 3.05) is 0 Å². The van der Waals surface area contributed by atoms with Gasteiger partial charge in [-0.1, -0.05) is 0 Å². The van der Waals surface area contributed by atoms with Crippen LogP contribution in [-0.4, -0.2) is 18.5 Å². The average molecular weight is 155 g/mol. The van der Waals surface area contributed by atoms with E-state index in [2.05, 4.69) is 4.74 Å². The number of rotatable bonds is 3. The van der Waals surface area contributed by atoms with Gasteiger partial charge in [0.2, 0.25) is 0 Å². The summed E-state index contributed by atoms with van der Waals surface area (Å²) in [5, 5.41) is 9.68. The van der Waals surface area contributed by atoms with E-state index in [1.807, 2.05) is 0 Å². The molecule has 0 fully saturated rings. The molecule has 10 heavy (non-hydrogen) atoms.